The van der Waals surface area contributed by atoms with Gasteiger partial charge in [0.15, 0.2) is 0 Å². The molecule has 0 amide bonds. The van der Waals surface area contributed by atoms with Gasteiger partial charge in [-0.15, -0.1) is 0 Å². The number of carbonyl (C=O) groups is 1. The Balaban J connectivity index is 2.78. The predicted molar refractivity (Wildman–Crippen MR) is 68.7 cm³/mol. The Kier molecular flexibility index (Phi) is 5.12. The van der Waals surface area contributed by atoms with Crippen molar-refractivity contribution in [2.75, 3.05) is 19.4 Å². The van der Waals surface area contributed by atoms with Crippen molar-refractivity contribution in [2.45, 2.75) is 44.4 Å². The van der Waals surface area contributed by atoms with Crippen LogP contribution in [0, 0.1) is 5.92 Å². The molecule has 0 bridgehead atoms. The highest BCUT2D eigenvalue weighted by Gasteiger charge is 2.46. The highest BCUT2D eigenvalue weighted by Crippen LogP contribution is 2.35. The Labute approximate surface area is 103 Å². The molecule has 0 aliphatic carbocycles. The van der Waals surface area contributed by atoms with E-state index in [9.17, 15) is 4.79 Å². The third kappa shape index (κ3) is 2.92. The van der Waals surface area contributed by atoms with E-state index in [1.807, 2.05) is 11.8 Å². The van der Waals surface area contributed by atoms with Crippen molar-refractivity contribution in [1.29, 1.82) is 0 Å². The van der Waals surface area contributed by atoms with Crippen molar-refractivity contribution in [3.05, 3.63) is 0 Å². The highest BCUT2D eigenvalue weighted by molar-refractivity contribution is 8.00. The molecule has 4 heteroatoms. The predicted octanol–water partition coefficient (Wildman–Crippen LogP) is 2.06. The summed E-state index contributed by atoms with van der Waals surface area (Å²) in [7, 11) is 1.48. The van der Waals surface area contributed by atoms with Crippen LogP contribution in [0.3, 0.4) is 0 Å². The maximum absolute atomic E-state index is 12.0. The summed E-state index contributed by atoms with van der Waals surface area (Å²) in [6.07, 6.45) is 1.97. The minimum Gasteiger partial charge on any atom is -0.468 e. The fraction of sp³-hybridized carbons (Fsp3) is 0.917. The maximum Gasteiger partial charge on any atom is 0.327 e. The quantitative estimate of drug-likeness (QED) is 0.769. The zero-order chi connectivity index (χ0) is 12.2. The third-order valence-electron chi connectivity index (χ3n) is 3.15. The fourth-order valence-electron chi connectivity index (χ4n) is 2.10. The number of ether oxygens (including phenoxy) is 1. The first-order valence-electron chi connectivity index (χ1n) is 5.98. The summed E-state index contributed by atoms with van der Waals surface area (Å²) in [5, 5.41) is 3.72. The summed E-state index contributed by atoms with van der Waals surface area (Å²) in [5.74, 6) is 1.58. The minimum absolute atomic E-state index is 0.104. The van der Waals surface area contributed by atoms with E-state index in [0.717, 1.165) is 25.1 Å². The van der Waals surface area contributed by atoms with Gasteiger partial charge < -0.3 is 10.1 Å². The molecule has 1 fully saturated rings. The van der Waals surface area contributed by atoms with Crippen molar-refractivity contribution in [3.63, 3.8) is 0 Å². The van der Waals surface area contributed by atoms with Crippen molar-refractivity contribution in [1.82, 2.24) is 5.32 Å². The van der Waals surface area contributed by atoms with Gasteiger partial charge >= 0.3 is 5.97 Å². The normalized spacial score (nSPS) is 30.4. The molecule has 0 aromatic carbocycles. The van der Waals surface area contributed by atoms with Gasteiger partial charge in [0.25, 0.3) is 0 Å². The number of carbonyl (C=O) groups excluding carboxylic acids is 1. The van der Waals surface area contributed by atoms with Crippen LogP contribution >= 0.6 is 11.8 Å². The smallest absolute Gasteiger partial charge is 0.327 e. The molecule has 0 saturated carbocycles. The fourth-order valence-corrected chi connectivity index (χ4v) is 3.34. The lowest BCUT2D eigenvalue weighted by atomic mass is 9.89. The zero-order valence-electron chi connectivity index (χ0n) is 10.7. The lowest BCUT2D eigenvalue weighted by Gasteiger charge is -2.40. The highest BCUT2D eigenvalue weighted by atomic mass is 32.2. The molecule has 1 N–H and O–H groups in total. The molecule has 1 aliphatic rings. The van der Waals surface area contributed by atoms with Crippen LogP contribution in [0.5, 0.6) is 0 Å². The largest absolute Gasteiger partial charge is 0.468 e. The molecule has 1 saturated heterocycles. The molecule has 0 aromatic rings. The second kappa shape index (κ2) is 5.92. The van der Waals surface area contributed by atoms with Crippen LogP contribution in [0.1, 0.15) is 33.6 Å². The molecule has 0 radical (unpaired) electrons. The Morgan fingerprint density at radius 3 is 2.81 bits per heavy atom. The lowest BCUT2D eigenvalue weighted by Crippen LogP contribution is -2.61. The second-order valence-electron chi connectivity index (χ2n) is 4.85. The summed E-state index contributed by atoms with van der Waals surface area (Å²) in [6, 6.07) is 0. The number of hydrogen-bond acceptors (Lipinski definition) is 4. The van der Waals surface area contributed by atoms with E-state index in [1.54, 1.807) is 0 Å². The molecular weight excluding hydrogens is 222 g/mol. The van der Waals surface area contributed by atoms with Gasteiger partial charge in [0, 0.05) is 5.25 Å². The lowest BCUT2D eigenvalue weighted by molar-refractivity contribution is -0.149. The van der Waals surface area contributed by atoms with Crippen molar-refractivity contribution in [3.8, 4) is 0 Å². The molecule has 3 nitrogen and oxygen atoms in total. The Bertz CT molecular complexity index is 245. The topological polar surface area (TPSA) is 38.3 Å². The Hall–Kier alpha value is -0.220. The average Bonchev–Trinajstić information content (AvgIpc) is 2.27. The summed E-state index contributed by atoms with van der Waals surface area (Å²) in [6.45, 7) is 7.28. The van der Waals surface area contributed by atoms with Crippen LogP contribution in [0.15, 0.2) is 0 Å². The molecule has 94 valence electrons. The van der Waals surface area contributed by atoms with E-state index in [1.165, 1.54) is 7.11 Å². The van der Waals surface area contributed by atoms with Crippen LogP contribution in [-0.2, 0) is 9.53 Å². The van der Waals surface area contributed by atoms with Crippen molar-refractivity contribution >= 4 is 17.7 Å². The molecule has 1 heterocycles. The number of hydrogen-bond donors (Lipinski definition) is 1. The van der Waals surface area contributed by atoms with E-state index in [0.29, 0.717) is 5.92 Å². The van der Waals surface area contributed by atoms with E-state index in [4.69, 9.17) is 4.74 Å². The van der Waals surface area contributed by atoms with Crippen LogP contribution in [0.25, 0.3) is 0 Å². The zero-order valence-corrected chi connectivity index (χ0v) is 11.5. The summed E-state index contributed by atoms with van der Waals surface area (Å²) >= 11 is 1.86. The molecule has 16 heavy (non-hydrogen) atoms. The molecule has 0 spiro atoms. The number of rotatable bonds is 4. The van der Waals surface area contributed by atoms with Gasteiger partial charge in [-0.25, -0.2) is 0 Å². The SMILES string of the molecule is COC(=O)C1(NCC(C)C)CCCSC1C. The van der Waals surface area contributed by atoms with Gasteiger partial charge in [-0.05, 0) is 31.1 Å². The second-order valence-corrected chi connectivity index (χ2v) is 6.30. The molecule has 0 aromatic heterocycles. The third-order valence-corrected chi connectivity index (χ3v) is 4.58. The van der Waals surface area contributed by atoms with Crippen molar-refractivity contribution < 1.29 is 9.53 Å². The first-order valence-corrected chi connectivity index (χ1v) is 7.03. The minimum atomic E-state index is -0.470. The summed E-state index contributed by atoms with van der Waals surface area (Å²) in [5.41, 5.74) is -0.470. The van der Waals surface area contributed by atoms with Gasteiger partial charge in [0.05, 0.1) is 7.11 Å². The summed E-state index contributed by atoms with van der Waals surface area (Å²) in [4.78, 5) is 12.0. The summed E-state index contributed by atoms with van der Waals surface area (Å²) < 4.78 is 4.98. The van der Waals surface area contributed by atoms with Crippen LogP contribution < -0.4 is 5.32 Å². The van der Waals surface area contributed by atoms with Crippen molar-refractivity contribution in [2.24, 2.45) is 5.92 Å². The Morgan fingerprint density at radius 1 is 1.62 bits per heavy atom. The standard InChI is InChI=1S/C12H23NO2S/c1-9(2)8-13-12(11(14)15-4)6-5-7-16-10(12)3/h9-10,13H,5-8H2,1-4H3. The van der Waals surface area contributed by atoms with Gasteiger partial charge in [-0.3, -0.25) is 4.79 Å². The van der Waals surface area contributed by atoms with E-state index in [-0.39, 0.29) is 11.2 Å². The van der Waals surface area contributed by atoms with Crippen LogP contribution in [0.4, 0.5) is 0 Å². The van der Waals surface area contributed by atoms with E-state index >= 15 is 0 Å². The molecule has 2 unspecified atom stereocenters. The molecule has 1 aliphatic heterocycles. The number of thioether (sulfide) groups is 1. The number of methoxy groups -OCH3 is 1. The van der Waals surface area contributed by atoms with E-state index in [2.05, 4.69) is 26.1 Å². The van der Waals surface area contributed by atoms with Gasteiger partial charge in [0.2, 0.25) is 0 Å². The maximum atomic E-state index is 12.0. The molecule has 2 atom stereocenters. The number of esters is 1. The average molecular weight is 245 g/mol. The van der Waals surface area contributed by atoms with Gasteiger partial charge in [0.1, 0.15) is 5.54 Å². The first-order chi connectivity index (χ1) is 7.53. The molecule has 1 rings (SSSR count). The van der Waals surface area contributed by atoms with Crippen LogP contribution in [-0.4, -0.2) is 36.2 Å². The van der Waals surface area contributed by atoms with Crippen LogP contribution in [0.2, 0.25) is 0 Å². The Morgan fingerprint density at radius 2 is 2.31 bits per heavy atom. The van der Waals surface area contributed by atoms with Gasteiger partial charge in [-0.1, -0.05) is 20.8 Å². The first kappa shape index (κ1) is 13.8. The monoisotopic (exact) mass is 245 g/mol. The van der Waals surface area contributed by atoms with Gasteiger partial charge in [-0.2, -0.15) is 11.8 Å². The van der Waals surface area contributed by atoms with E-state index < -0.39 is 5.54 Å². The molecular formula is C12H23NO2S. The number of nitrogens with one attached hydrogen (secondary N) is 1.